The van der Waals surface area contributed by atoms with Crippen molar-refractivity contribution in [1.29, 1.82) is 5.41 Å². The summed E-state index contributed by atoms with van der Waals surface area (Å²) in [7, 11) is 0. The molecule has 26 heavy (non-hydrogen) atoms. The van der Waals surface area contributed by atoms with Gasteiger partial charge in [-0.25, -0.2) is 4.39 Å². The first-order valence-corrected chi connectivity index (χ1v) is 8.01. The standard InChI is InChI=1S/C19H21FN4O2/c20-14-3-1-13(2-4-14)11-19(25)24-15-5-6-18(26-10-9-22)16(12-15)17(23)7-8-21/h1-8,12,21H,9-11,22-23H2,(H,24,25)/b17-7-,21-8?. The van der Waals surface area contributed by atoms with E-state index in [4.69, 9.17) is 21.6 Å². The van der Waals surface area contributed by atoms with Crippen molar-refractivity contribution in [1.82, 2.24) is 0 Å². The van der Waals surface area contributed by atoms with Crippen molar-refractivity contribution in [2.24, 2.45) is 11.5 Å². The molecule has 0 saturated carbocycles. The summed E-state index contributed by atoms with van der Waals surface area (Å²) < 4.78 is 18.5. The minimum atomic E-state index is -0.347. The number of rotatable bonds is 8. The Bertz CT molecular complexity index is 804. The maximum Gasteiger partial charge on any atom is 0.228 e. The van der Waals surface area contributed by atoms with Gasteiger partial charge in [0.25, 0.3) is 0 Å². The van der Waals surface area contributed by atoms with E-state index in [1.807, 2.05) is 0 Å². The molecule has 0 aromatic heterocycles. The van der Waals surface area contributed by atoms with Gasteiger partial charge in [-0.1, -0.05) is 12.1 Å². The Morgan fingerprint density at radius 2 is 1.96 bits per heavy atom. The summed E-state index contributed by atoms with van der Waals surface area (Å²) in [6, 6.07) is 10.8. The van der Waals surface area contributed by atoms with Crippen LogP contribution >= 0.6 is 0 Å². The summed E-state index contributed by atoms with van der Waals surface area (Å²) in [5.41, 5.74) is 13.5. The van der Waals surface area contributed by atoms with Gasteiger partial charge in [-0.3, -0.25) is 4.79 Å². The predicted octanol–water partition coefficient (Wildman–Crippen LogP) is 2.29. The number of ether oxygens (including phenoxy) is 1. The molecule has 2 rings (SSSR count). The summed E-state index contributed by atoms with van der Waals surface area (Å²) in [4.78, 5) is 12.2. The molecule has 2 aromatic rings. The molecule has 0 spiro atoms. The average molecular weight is 356 g/mol. The maximum absolute atomic E-state index is 12.9. The third kappa shape index (κ3) is 5.42. The number of halogens is 1. The molecule has 7 heteroatoms. The van der Waals surface area contributed by atoms with Crippen molar-refractivity contribution in [3.8, 4) is 5.75 Å². The number of carbonyl (C=O) groups excluding carboxylic acids is 1. The molecule has 1 amide bonds. The fraction of sp³-hybridized carbons (Fsp3) is 0.158. The Morgan fingerprint density at radius 1 is 1.23 bits per heavy atom. The smallest absolute Gasteiger partial charge is 0.228 e. The molecular formula is C19H21FN4O2. The Morgan fingerprint density at radius 3 is 2.62 bits per heavy atom. The van der Waals surface area contributed by atoms with Crippen LogP contribution in [0, 0.1) is 11.2 Å². The summed E-state index contributed by atoms with van der Waals surface area (Å²) >= 11 is 0. The van der Waals surface area contributed by atoms with Crippen LogP contribution in [-0.4, -0.2) is 25.3 Å². The molecule has 0 aliphatic carbocycles. The van der Waals surface area contributed by atoms with E-state index in [0.717, 1.165) is 6.21 Å². The molecule has 0 radical (unpaired) electrons. The van der Waals surface area contributed by atoms with Crippen molar-refractivity contribution in [3.63, 3.8) is 0 Å². The highest BCUT2D eigenvalue weighted by Gasteiger charge is 2.10. The topological polar surface area (TPSA) is 114 Å². The lowest BCUT2D eigenvalue weighted by Gasteiger charge is -2.13. The second-order valence-corrected chi connectivity index (χ2v) is 5.49. The number of nitrogens with two attached hydrogens (primary N) is 2. The molecule has 2 aromatic carbocycles. The third-order valence-electron chi connectivity index (χ3n) is 3.49. The van der Waals surface area contributed by atoms with Gasteiger partial charge >= 0.3 is 0 Å². The van der Waals surface area contributed by atoms with E-state index in [1.54, 1.807) is 30.3 Å². The van der Waals surface area contributed by atoms with E-state index >= 15 is 0 Å². The highest BCUT2D eigenvalue weighted by Crippen LogP contribution is 2.27. The van der Waals surface area contributed by atoms with Crippen LogP contribution in [0.5, 0.6) is 5.75 Å². The van der Waals surface area contributed by atoms with Crippen molar-refractivity contribution in [2.75, 3.05) is 18.5 Å². The van der Waals surface area contributed by atoms with Gasteiger partial charge in [-0.2, -0.15) is 0 Å². The number of benzene rings is 2. The fourth-order valence-corrected chi connectivity index (χ4v) is 2.30. The van der Waals surface area contributed by atoms with Crippen LogP contribution in [0.1, 0.15) is 11.1 Å². The zero-order valence-electron chi connectivity index (χ0n) is 14.2. The first kappa shape index (κ1) is 19.1. The average Bonchev–Trinajstić information content (AvgIpc) is 2.62. The van der Waals surface area contributed by atoms with Crippen molar-refractivity contribution < 1.29 is 13.9 Å². The molecule has 0 atom stereocenters. The molecule has 0 aliphatic rings. The van der Waals surface area contributed by atoms with Gasteiger partial charge in [0.2, 0.25) is 5.91 Å². The molecule has 136 valence electrons. The zero-order valence-corrected chi connectivity index (χ0v) is 14.2. The molecule has 0 heterocycles. The number of anilines is 1. The Hall–Kier alpha value is -3.19. The van der Waals surface area contributed by atoms with Crippen LogP contribution in [-0.2, 0) is 11.2 Å². The SMILES string of the molecule is N=C/C=C(\N)c1cc(NC(=O)Cc2ccc(F)cc2)ccc1OCCN. The van der Waals surface area contributed by atoms with Crippen LogP contribution in [0.2, 0.25) is 0 Å². The molecule has 0 unspecified atom stereocenters. The summed E-state index contributed by atoms with van der Waals surface area (Å²) in [5.74, 6) is -0.0734. The van der Waals surface area contributed by atoms with Crippen LogP contribution in [0.3, 0.4) is 0 Å². The highest BCUT2D eigenvalue weighted by molar-refractivity contribution is 5.93. The summed E-state index contributed by atoms with van der Waals surface area (Å²) in [6.45, 7) is 0.672. The molecular weight excluding hydrogens is 335 g/mol. The molecule has 0 fully saturated rings. The van der Waals surface area contributed by atoms with E-state index < -0.39 is 0 Å². The van der Waals surface area contributed by atoms with E-state index in [0.29, 0.717) is 41.4 Å². The maximum atomic E-state index is 12.9. The first-order valence-electron chi connectivity index (χ1n) is 8.01. The lowest BCUT2D eigenvalue weighted by Crippen LogP contribution is -2.15. The molecule has 0 saturated heterocycles. The second kappa shape index (κ2) is 9.33. The van der Waals surface area contributed by atoms with Gasteiger partial charge in [0.05, 0.1) is 6.42 Å². The first-order chi connectivity index (χ1) is 12.5. The molecule has 6 N–H and O–H groups in total. The quantitative estimate of drug-likeness (QED) is 0.543. The number of allylic oxidation sites excluding steroid dienone is 1. The monoisotopic (exact) mass is 356 g/mol. The lowest BCUT2D eigenvalue weighted by atomic mass is 10.1. The second-order valence-electron chi connectivity index (χ2n) is 5.49. The number of carbonyl (C=O) groups is 1. The summed E-state index contributed by atoms with van der Waals surface area (Å²) in [6.07, 6.45) is 2.61. The van der Waals surface area contributed by atoms with Crippen LogP contribution in [0.4, 0.5) is 10.1 Å². The number of nitrogens with one attached hydrogen (secondary N) is 2. The van der Waals surface area contributed by atoms with Crippen LogP contribution in [0.15, 0.2) is 48.5 Å². The minimum Gasteiger partial charge on any atom is -0.492 e. The van der Waals surface area contributed by atoms with Gasteiger partial charge in [0.1, 0.15) is 18.2 Å². The fourth-order valence-electron chi connectivity index (χ4n) is 2.30. The van der Waals surface area contributed by atoms with E-state index in [-0.39, 0.29) is 18.1 Å². The minimum absolute atomic E-state index is 0.118. The van der Waals surface area contributed by atoms with Crippen LogP contribution in [0.25, 0.3) is 5.70 Å². The number of hydrogen-bond acceptors (Lipinski definition) is 5. The van der Waals surface area contributed by atoms with Crippen molar-refractivity contribution in [2.45, 2.75) is 6.42 Å². The van der Waals surface area contributed by atoms with Crippen molar-refractivity contribution in [3.05, 3.63) is 65.5 Å². The zero-order chi connectivity index (χ0) is 18.9. The number of amides is 1. The Labute approximate surface area is 151 Å². The van der Waals surface area contributed by atoms with Gasteiger partial charge in [-0.15, -0.1) is 0 Å². The molecule has 6 nitrogen and oxygen atoms in total. The van der Waals surface area contributed by atoms with Crippen LogP contribution < -0.4 is 21.5 Å². The van der Waals surface area contributed by atoms with E-state index in [1.165, 1.54) is 18.2 Å². The third-order valence-corrected chi connectivity index (χ3v) is 3.49. The number of hydrogen-bond donors (Lipinski definition) is 4. The lowest BCUT2D eigenvalue weighted by molar-refractivity contribution is -0.115. The highest BCUT2D eigenvalue weighted by atomic mass is 19.1. The summed E-state index contributed by atoms with van der Waals surface area (Å²) in [5, 5.41) is 9.93. The van der Waals surface area contributed by atoms with Crippen molar-refractivity contribution >= 4 is 23.5 Å². The Kier molecular flexibility index (Phi) is 6.87. The van der Waals surface area contributed by atoms with Gasteiger partial charge in [-0.05, 0) is 42.0 Å². The van der Waals surface area contributed by atoms with E-state index in [9.17, 15) is 9.18 Å². The van der Waals surface area contributed by atoms with Gasteiger partial charge in [0.15, 0.2) is 0 Å². The molecule has 0 aliphatic heterocycles. The Balaban J connectivity index is 2.16. The normalized spacial score (nSPS) is 11.1. The largest absolute Gasteiger partial charge is 0.492 e. The predicted molar refractivity (Wildman–Crippen MR) is 101 cm³/mol. The van der Waals surface area contributed by atoms with E-state index in [2.05, 4.69) is 5.32 Å². The van der Waals surface area contributed by atoms with Gasteiger partial charge in [0, 0.05) is 29.7 Å². The molecule has 0 bridgehead atoms. The van der Waals surface area contributed by atoms with Gasteiger partial charge < -0.3 is 26.9 Å².